The van der Waals surface area contributed by atoms with Crippen LogP contribution in [0.15, 0.2) is 22.7 Å². The Kier molecular flexibility index (Phi) is 6.31. The zero-order valence-electron chi connectivity index (χ0n) is 10.8. The molecule has 0 aliphatic heterocycles. The van der Waals surface area contributed by atoms with Crippen LogP contribution in [0.5, 0.6) is 0 Å². The van der Waals surface area contributed by atoms with Crippen molar-refractivity contribution in [1.29, 1.82) is 0 Å². The van der Waals surface area contributed by atoms with Gasteiger partial charge in [-0.05, 0) is 47.5 Å². The van der Waals surface area contributed by atoms with E-state index in [4.69, 9.17) is 11.6 Å². The summed E-state index contributed by atoms with van der Waals surface area (Å²) < 4.78 is 0.722. The number of carbonyl (C=O) groups excluding carboxylic acids is 2. The maximum absolute atomic E-state index is 11.9. The second-order valence-electron chi connectivity index (χ2n) is 4.12. The Morgan fingerprint density at radius 1 is 1.42 bits per heavy atom. The van der Waals surface area contributed by atoms with E-state index >= 15 is 0 Å². The highest BCUT2D eigenvalue weighted by atomic mass is 79.9. The lowest BCUT2D eigenvalue weighted by Gasteiger charge is -2.14. The van der Waals surface area contributed by atoms with E-state index in [1.807, 2.05) is 6.92 Å². The molecule has 0 radical (unpaired) electrons. The fraction of sp³-hybridized carbons (Fsp3) is 0.385. The third-order valence-electron chi connectivity index (χ3n) is 2.47. The van der Waals surface area contributed by atoms with Gasteiger partial charge in [-0.2, -0.15) is 0 Å². The van der Waals surface area contributed by atoms with Crippen LogP contribution in [0.4, 0.5) is 0 Å². The van der Waals surface area contributed by atoms with E-state index in [-0.39, 0.29) is 11.8 Å². The Hall–Kier alpha value is -1.07. The Morgan fingerprint density at radius 2 is 2.11 bits per heavy atom. The lowest BCUT2D eigenvalue weighted by molar-refractivity contribution is -0.122. The van der Waals surface area contributed by atoms with Gasteiger partial charge in [0.2, 0.25) is 5.91 Å². The largest absolute Gasteiger partial charge is 0.354 e. The Morgan fingerprint density at radius 3 is 2.68 bits per heavy atom. The molecule has 2 amide bonds. The molecule has 1 aromatic carbocycles. The van der Waals surface area contributed by atoms with Crippen molar-refractivity contribution in [2.24, 2.45) is 0 Å². The Bertz CT molecular complexity index is 480. The molecule has 4 nitrogen and oxygen atoms in total. The zero-order chi connectivity index (χ0) is 14.4. The highest BCUT2D eigenvalue weighted by Gasteiger charge is 2.16. The average molecular weight is 348 g/mol. The lowest BCUT2D eigenvalue weighted by Crippen LogP contribution is -2.45. The first kappa shape index (κ1) is 16.0. The van der Waals surface area contributed by atoms with Gasteiger partial charge in [0.15, 0.2) is 0 Å². The topological polar surface area (TPSA) is 58.2 Å². The van der Waals surface area contributed by atoms with Crippen LogP contribution in [0, 0.1) is 0 Å². The predicted molar refractivity (Wildman–Crippen MR) is 79.4 cm³/mol. The van der Waals surface area contributed by atoms with Gasteiger partial charge in [-0.15, -0.1) is 0 Å². The summed E-state index contributed by atoms with van der Waals surface area (Å²) in [5.41, 5.74) is 0.420. The molecule has 0 aromatic heterocycles. The fourth-order valence-corrected chi connectivity index (χ4v) is 1.81. The van der Waals surface area contributed by atoms with Crippen LogP contribution >= 0.6 is 27.5 Å². The van der Waals surface area contributed by atoms with Crippen LogP contribution in [-0.4, -0.2) is 24.4 Å². The quantitative estimate of drug-likeness (QED) is 0.860. The van der Waals surface area contributed by atoms with Gasteiger partial charge in [-0.1, -0.05) is 18.5 Å². The zero-order valence-corrected chi connectivity index (χ0v) is 13.1. The van der Waals surface area contributed by atoms with E-state index in [1.54, 1.807) is 25.1 Å². The summed E-state index contributed by atoms with van der Waals surface area (Å²) in [6.45, 7) is 4.21. The smallest absolute Gasteiger partial charge is 0.251 e. The number of rotatable bonds is 5. The van der Waals surface area contributed by atoms with E-state index in [2.05, 4.69) is 26.6 Å². The van der Waals surface area contributed by atoms with Crippen LogP contribution in [0.1, 0.15) is 30.6 Å². The maximum Gasteiger partial charge on any atom is 0.251 e. The lowest BCUT2D eigenvalue weighted by atomic mass is 10.2. The van der Waals surface area contributed by atoms with Gasteiger partial charge < -0.3 is 10.6 Å². The Labute approximate surface area is 126 Å². The van der Waals surface area contributed by atoms with Crippen molar-refractivity contribution in [2.75, 3.05) is 6.54 Å². The summed E-state index contributed by atoms with van der Waals surface area (Å²) >= 11 is 9.17. The van der Waals surface area contributed by atoms with E-state index in [0.717, 1.165) is 10.9 Å². The van der Waals surface area contributed by atoms with Gasteiger partial charge >= 0.3 is 0 Å². The van der Waals surface area contributed by atoms with Gasteiger partial charge in [0.05, 0.1) is 5.02 Å². The van der Waals surface area contributed by atoms with Gasteiger partial charge in [-0.25, -0.2) is 0 Å². The number of amides is 2. The van der Waals surface area contributed by atoms with Gasteiger partial charge in [0, 0.05) is 16.6 Å². The molecule has 1 aromatic rings. The van der Waals surface area contributed by atoms with Crippen LogP contribution in [0.2, 0.25) is 5.02 Å². The highest BCUT2D eigenvalue weighted by molar-refractivity contribution is 9.10. The molecule has 1 atom stereocenters. The molecular formula is C13H16BrClN2O2. The summed E-state index contributed by atoms with van der Waals surface area (Å²) in [4.78, 5) is 23.6. The Balaban J connectivity index is 2.63. The summed E-state index contributed by atoms with van der Waals surface area (Å²) in [6, 6.07) is 4.31. The minimum atomic E-state index is -0.582. The number of benzene rings is 1. The van der Waals surface area contributed by atoms with Crippen molar-refractivity contribution >= 4 is 39.3 Å². The molecule has 1 rings (SSSR count). The molecular weight excluding hydrogens is 332 g/mol. The molecule has 0 aliphatic rings. The molecule has 0 heterocycles. The second-order valence-corrected chi connectivity index (χ2v) is 5.38. The monoisotopic (exact) mass is 346 g/mol. The first-order valence-electron chi connectivity index (χ1n) is 5.99. The van der Waals surface area contributed by atoms with Crippen molar-refractivity contribution in [1.82, 2.24) is 10.6 Å². The number of halogens is 2. The van der Waals surface area contributed by atoms with Crippen LogP contribution in [0.25, 0.3) is 0 Å². The highest BCUT2D eigenvalue weighted by Crippen LogP contribution is 2.23. The summed E-state index contributed by atoms with van der Waals surface area (Å²) in [7, 11) is 0. The average Bonchev–Trinajstić information content (AvgIpc) is 2.38. The third kappa shape index (κ3) is 4.84. The molecule has 0 fully saturated rings. The molecule has 104 valence electrons. The van der Waals surface area contributed by atoms with Gasteiger partial charge in [0.25, 0.3) is 5.91 Å². The van der Waals surface area contributed by atoms with Crippen molar-refractivity contribution in [3.63, 3.8) is 0 Å². The SMILES string of the molecule is CCCNC(=O)C(C)NC(=O)c1ccc(Br)c(Cl)c1. The van der Waals surface area contributed by atoms with E-state index in [1.165, 1.54) is 0 Å². The van der Waals surface area contributed by atoms with Crippen molar-refractivity contribution in [3.05, 3.63) is 33.3 Å². The number of nitrogens with one attached hydrogen (secondary N) is 2. The molecule has 0 bridgehead atoms. The predicted octanol–water partition coefficient (Wildman–Crippen LogP) is 2.75. The van der Waals surface area contributed by atoms with Crippen LogP contribution in [-0.2, 0) is 4.79 Å². The summed E-state index contributed by atoms with van der Waals surface area (Å²) in [5, 5.41) is 5.80. The number of hydrogen-bond acceptors (Lipinski definition) is 2. The molecule has 0 aliphatic carbocycles. The van der Waals surface area contributed by atoms with E-state index in [0.29, 0.717) is 17.1 Å². The first-order valence-corrected chi connectivity index (χ1v) is 7.16. The molecule has 0 spiro atoms. The van der Waals surface area contributed by atoms with Gasteiger partial charge in [-0.3, -0.25) is 9.59 Å². The van der Waals surface area contributed by atoms with E-state index < -0.39 is 6.04 Å². The molecule has 2 N–H and O–H groups in total. The number of hydrogen-bond donors (Lipinski definition) is 2. The molecule has 19 heavy (non-hydrogen) atoms. The minimum absolute atomic E-state index is 0.196. The first-order chi connectivity index (χ1) is 8.95. The van der Waals surface area contributed by atoms with Crippen LogP contribution in [0.3, 0.4) is 0 Å². The van der Waals surface area contributed by atoms with Crippen molar-refractivity contribution in [3.8, 4) is 0 Å². The van der Waals surface area contributed by atoms with E-state index in [9.17, 15) is 9.59 Å². The maximum atomic E-state index is 11.9. The molecule has 0 saturated heterocycles. The normalized spacial score (nSPS) is 11.8. The molecule has 6 heteroatoms. The summed E-state index contributed by atoms with van der Waals surface area (Å²) in [5.74, 6) is -0.521. The molecule has 1 unspecified atom stereocenters. The summed E-state index contributed by atoms with van der Waals surface area (Å²) in [6.07, 6.45) is 0.856. The minimum Gasteiger partial charge on any atom is -0.354 e. The second kappa shape index (κ2) is 7.50. The van der Waals surface area contributed by atoms with Gasteiger partial charge in [0.1, 0.15) is 6.04 Å². The fourth-order valence-electron chi connectivity index (χ4n) is 1.38. The third-order valence-corrected chi connectivity index (χ3v) is 3.70. The number of carbonyl (C=O) groups is 2. The standard InChI is InChI=1S/C13H16BrClN2O2/c1-3-6-16-12(18)8(2)17-13(19)9-4-5-10(14)11(15)7-9/h4-5,7-8H,3,6H2,1-2H3,(H,16,18)(H,17,19). The van der Waals surface area contributed by atoms with Crippen LogP contribution < -0.4 is 10.6 Å². The van der Waals surface area contributed by atoms with Crippen molar-refractivity contribution in [2.45, 2.75) is 26.3 Å². The van der Waals surface area contributed by atoms with Crippen molar-refractivity contribution < 1.29 is 9.59 Å². The molecule has 0 saturated carbocycles.